The quantitative estimate of drug-likeness (QED) is 0.475. The summed E-state index contributed by atoms with van der Waals surface area (Å²) in [6.45, 7) is 8.97. The fourth-order valence-corrected chi connectivity index (χ4v) is 6.41. The largest absolute Gasteiger partial charge is 0.334 e. The van der Waals surface area contributed by atoms with Gasteiger partial charge in [0.1, 0.15) is 0 Å². The molecule has 1 aliphatic heterocycles. The van der Waals surface area contributed by atoms with Gasteiger partial charge in [-0.05, 0) is 85.7 Å². The smallest absolute Gasteiger partial charge is 0.322 e. The Hall–Kier alpha value is -2.86. The van der Waals surface area contributed by atoms with E-state index in [1.54, 1.807) is 31.2 Å². The van der Waals surface area contributed by atoms with E-state index in [0.717, 1.165) is 24.1 Å². The Morgan fingerprint density at radius 2 is 1.74 bits per heavy atom. The maximum atomic E-state index is 13.3. The predicted octanol–water partition coefficient (Wildman–Crippen LogP) is 6.39. The molecule has 1 spiro atoms. The molecular weight excluding hydrogens is 456 g/mol. The van der Waals surface area contributed by atoms with Gasteiger partial charge in [0.05, 0.1) is 10.6 Å². The topological polar surface area (TPSA) is 66.5 Å². The summed E-state index contributed by atoms with van der Waals surface area (Å²) in [7, 11) is -3.23. The lowest BCUT2D eigenvalue weighted by Gasteiger charge is -2.25. The van der Waals surface area contributed by atoms with Crippen LogP contribution in [-0.4, -0.2) is 26.7 Å². The number of rotatable bonds is 6. The first-order chi connectivity index (χ1) is 16.7. The molecule has 1 aliphatic carbocycles. The van der Waals surface area contributed by atoms with Gasteiger partial charge < -0.3 is 5.32 Å². The van der Waals surface area contributed by atoms with Crippen LogP contribution in [0, 0.1) is 0 Å². The minimum absolute atomic E-state index is 0.0293. The maximum Gasteiger partial charge on any atom is 0.322 e. The molecule has 2 aromatic carbocycles. The minimum Gasteiger partial charge on any atom is -0.334 e. The molecule has 1 heterocycles. The number of nitrogens with one attached hydrogen (secondary N) is 1. The van der Waals surface area contributed by atoms with Crippen LogP contribution < -0.4 is 10.2 Å². The Bertz CT molecular complexity index is 1270. The van der Waals surface area contributed by atoms with Crippen molar-refractivity contribution in [2.45, 2.75) is 70.2 Å². The molecule has 5 nitrogen and oxygen atoms in total. The lowest BCUT2D eigenvalue weighted by Crippen LogP contribution is -2.41. The van der Waals surface area contributed by atoms with Gasteiger partial charge in [0, 0.05) is 24.2 Å². The fraction of sp³-hybridized carbons (Fsp3) is 0.414. The van der Waals surface area contributed by atoms with Crippen LogP contribution in [0.25, 0.3) is 5.57 Å². The van der Waals surface area contributed by atoms with Crippen LogP contribution in [-0.2, 0) is 21.8 Å². The van der Waals surface area contributed by atoms with E-state index in [2.05, 4.69) is 56.4 Å². The second-order valence-corrected chi connectivity index (χ2v) is 12.0. The highest BCUT2D eigenvalue weighted by molar-refractivity contribution is 7.91. The number of sulfone groups is 1. The third-order valence-corrected chi connectivity index (χ3v) is 9.44. The molecule has 1 fully saturated rings. The third-order valence-electron chi connectivity index (χ3n) is 7.69. The number of carbonyl (C=O) groups excluding carboxylic acids is 1. The Balaban J connectivity index is 1.56. The first-order valence-electron chi connectivity index (χ1n) is 12.6. The van der Waals surface area contributed by atoms with E-state index >= 15 is 0 Å². The third kappa shape index (κ3) is 4.81. The van der Waals surface area contributed by atoms with Crippen LogP contribution in [0.5, 0.6) is 0 Å². The van der Waals surface area contributed by atoms with Gasteiger partial charge in [0.2, 0.25) is 0 Å². The van der Waals surface area contributed by atoms with Gasteiger partial charge in [0.25, 0.3) is 0 Å². The SMILES string of the molecule is CC=C(C)C(=CC)c1ccc2c(c1)C1(CCCC1)CN2C(=O)NCc1ccc(S(=O)(=O)CC)cc1. The summed E-state index contributed by atoms with van der Waals surface area (Å²) in [6.07, 6.45) is 8.89. The lowest BCUT2D eigenvalue weighted by atomic mass is 9.79. The maximum absolute atomic E-state index is 13.3. The van der Waals surface area contributed by atoms with Crippen molar-refractivity contribution in [3.8, 4) is 0 Å². The Morgan fingerprint density at radius 1 is 1.06 bits per heavy atom. The highest BCUT2D eigenvalue weighted by Gasteiger charge is 2.46. The van der Waals surface area contributed by atoms with Crippen LogP contribution in [0.1, 0.15) is 70.1 Å². The molecule has 6 heteroatoms. The van der Waals surface area contributed by atoms with E-state index in [1.165, 1.54) is 35.1 Å². The van der Waals surface area contributed by atoms with Crippen molar-refractivity contribution in [2.75, 3.05) is 17.2 Å². The van der Waals surface area contributed by atoms with E-state index in [9.17, 15) is 13.2 Å². The van der Waals surface area contributed by atoms with Crippen molar-refractivity contribution in [3.63, 3.8) is 0 Å². The average molecular weight is 493 g/mol. The monoisotopic (exact) mass is 492 g/mol. The first-order valence-corrected chi connectivity index (χ1v) is 14.2. The summed E-state index contributed by atoms with van der Waals surface area (Å²) in [5.41, 5.74) is 6.89. The lowest BCUT2D eigenvalue weighted by molar-refractivity contribution is 0.245. The molecule has 0 radical (unpaired) electrons. The number of nitrogens with zero attached hydrogens (tertiary/aromatic N) is 1. The molecular formula is C29H36N2O3S. The molecule has 35 heavy (non-hydrogen) atoms. The van der Waals surface area contributed by atoms with Crippen LogP contribution in [0.15, 0.2) is 65.1 Å². The molecule has 2 aliphatic rings. The second-order valence-electron chi connectivity index (χ2n) is 9.69. The van der Waals surface area contributed by atoms with E-state index in [0.29, 0.717) is 18.0 Å². The van der Waals surface area contributed by atoms with E-state index in [1.807, 2.05) is 4.90 Å². The summed E-state index contributed by atoms with van der Waals surface area (Å²) in [4.78, 5) is 15.5. The molecule has 0 bridgehead atoms. The summed E-state index contributed by atoms with van der Waals surface area (Å²) >= 11 is 0. The number of allylic oxidation sites excluding steroid dienone is 4. The normalized spacial score (nSPS) is 17.7. The van der Waals surface area contributed by atoms with Crippen molar-refractivity contribution in [3.05, 3.63) is 76.9 Å². The summed E-state index contributed by atoms with van der Waals surface area (Å²) in [5.74, 6) is 0.0742. The van der Waals surface area contributed by atoms with Gasteiger partial charge in [-0.2, -0.15) is 0 Å². The fourth-order valence-electron chi connectivity index (χ4n) is 5.53. The molecule has 0 saturated heterocycles. The molecule has 1 N–H and O–H groups in total. The van der Waals surface area contributed by atoms with Crippen molar-refractivity contribution in [1.82, 2.24) is 5.32 Å². The van der Waals surface area contributed by atoms with Gasteiger partial charge >= 0.3 is 6.03 Å². The molecule has 0 unspecified atom stereocenters. The molecule has 2 aromatic rings. The predicted molar refractivity (Wildman–Crippen MR) is 143 cm³/mol. The number of fused-ring (bicyclic) bond motifs is 2. The first kappa shape index (κ1) is 25.2. The zero-order valence-electron chi connectivity index (χ0n) is 21.2. The molecule has 0 atom stereocenters. The van der Waals surface area contributed by atoms with Gasteiger partial charge in [0.15, 0.2) is 9.84 Å². The molecule has 0 aromatic heterocycles. The zero-order chi connectivity index (χ0) is 25.2. The van der Waals surface area contributed by atoms with E-state index in [-0.39, 0.29) is 17.2 Å². The summed E-state index contributed by atoms with van der Waals surface area (Å²) < 4.78 is 24.1. The summed E-state index contributed by atoms with van der Waals surface area (Å²) in [5, 5.41) is 3.05. The number of amides is 2. The molecule has 4 rings (SSSR count). The molecule has 186 valence electrons. The van der Waals surface area contributed by atoms with E-state index in [4.69, 9.17) is 0 Å². The van der Waals surface area contributed by atoms with Crippen molar-refractivity contribution < 1.29 is 13.2 Å². The van der Waals surface area contributed by atoms with Crippen LogP contribution >= 0.6 is 0 Å². The van der Waals surface area contributed by atoms with Crippen LogP contribution in [0.2, 0.25) is 0 Å². The van der Waals surface area contributed by atoms with Crippen LogP contribution in [0.3, 0.4) is 0 Å². The number of carbonyl (C=O) groups is 1. The average Bonchev–Trinajstić information content (AvgIpc) is 3.48. The number of hydrogen-bond acceptors (Lipinski definition) is 3. The van der Waals surface area contributed by atoms with Gasteiger partial charge in [-0.25, -0.2) is 13.2 Å². The summed E-state index contributed by atoms with van der Waals surface area (Å²) in [6, 6.07) is 13.2. The van der Waals surface area contributed by atoms with Crippen molar-refractivity contribution >= 4 is 27.1 Å². The van der Waals surface area contributed by atoms with Gasteiger partial charge in [-0.15, -0.1) is 0 Å². The number of benzene rings is 2. The number of hydrogen-bond donors (Lipinski definition) is 1. The van der Waals surface area contributed by atoms with Gasteiger partial charge in [-0.3, -0.25) is 4.90 Å². The number of urea groups is 1. The standard InChI is InChI=1S/C29H36N2O3S/c1-5-21(4)25(6-2)23-12-15-27-26(18-23)29(16-8-9-17-29)20-31(27)28(32)30-19-22-10-13-24(14-11-22)35(33,34)7-3/h5-6,10-15,18H,7-9,16-17,19-20H2,1-4H3,(H,30,32). The van der Waals surface area contributed by atoms with E-state index < -0.39 is 9.84 Å². The molecule has 1 saturated carbocycles. The Morgan fingerprint density at radius 3 is 2.34 bits per heavy atom. The highest BCUT2D eigenvalue weighted by Crippen LogP contribution is 2.51. The second kappa shape index (κ2) is 10.0. The van der Waals surface area contributed by atoms with Gasteiger partial charge in [-0.1, -0.05) is 50.1 Å². The van der Waals surface area contributed by atoms with Crippen molar-refractivity contribution in [1.29, 1.82) is 0 Å². The minimum atomic E-state index is -3.23. The van der Waals surface area contributed by atoms with Crippen molar-refractivity contribution in [2.24, 2.45) is 0 Å². The highest BCUT2D eigenvalue weighted by atomic mass is 32.2. The number of anilines is 1. The zero-order valence-corrected chi connectivity index (χ0v) is 22.0. The molecule has 2 amide bonds. The Kier molecular flexibility index (Phi) is 7.22. The van der Waals surface area contributed by atoms with Crippen LogP contribution in [0.4, 0.5) is 10.5 Å². The Labute approximate surface area is 209 Å².